The fraction of sp³-hybridized carbons (Fsp3) is 0.583. The molecular weight excluding hydrogens is 176 g/mol. The van der Waals surface area contributed by atoms with E-state index < -0.39 is 0 Å². The number of carbonyl (C=O) groups is 1. The normalized spacial score (nSPS) is 8.14. The Balaban J connectivity index is 3.39. The van der Waals surface area contributed by atoms with Crippen molar-refractivity contribution < 1.29 is 9.90 Å². The Labute approximate surface area is 85.7 Å². The van der Waals surface area contributed by atoms with Crippen molar-refractivity contribution in [3.05, 3.63) is 0 Å². The van der Waals surface area contributed by atoms with Crippen LogP contribution in [0.4, 0.5) is 0 Å². The molecule has 0 heterocycles. The first-order valence-electron chi connectivity index (χ1n) is 4.85. The van der Waals surface area contributed by atoms with E-state index in [1.807, 2.05) is 6.92 Å². The summed E-state index contributed by atoms with van der Waals surface area (Å²) in [5.74, 6) is 11.6. The molecule has 0 radical (unpaired) electrons. The number of ketones is 1. The van der Waals surface area contributed by atoms with Crippen LogP contribution in [0.5, 0.6) is 0 Å². The molecule has 0 aromatic rings. The largest absolute Gasteiger partial charge is 0.389 e. The van der Waals surface area contributed by atoms with E-state index in [0.717, 1.165) is 12.8 Å². The summed E-state index contributed by atoms with van der Waals surface area (Å²) in [6.07, 6.45) is 3.34. The highest BCUT2D eigenvalue weighted by atomic mass is 16.3. The molecule has 0 fully saturated rings. The highest BCUT2D eigenvalue weighted by Crippen LogP contribution is 1.94. The average Bonchev–Trinajstić information content (AvgIpc) is 2.21. The summed E-state index contributed by atoms with van der Waals surface area (Å²) >= 11 is 0. The van der Waals surface area contributed by atoms with Crippen LogP contribution in [0.1, 0.15) is 39.0 Å². The molecule has 0 saturated carbocycles. The van der Waals surface area contributed by atoms with Gasteiger partial charge in [-0.3, -0.25) is 4.79 Å². The molecule has 0 unspecified atom stereocenters. The Hall–Kier alpha value is -1.25. The molecule has 14 heavy (non-hydrogen) atoms. The van der Waals surface area contributed by atoms with Crippen molar-refractivity contribution in [2.75, 3.05) is 6.61 Å². The minimum atomic E-state index is -0.352. The van der Waals surface area contributed by atoms with Gasteiger partial charge < -0.3 is 5.11 Å². The predicted molar refractivity (Wildman–Crippen MR) is 56.4 cm³/mol. The van der Waals surface area contributed by atoms with Crippen molar-refractivity contribution in [3.63, 3.8) is 0 Å². The lowest BCUT2D eigenvalue weighted by Gasteiger charge is -1.91. The van der Waals surface area contributed by atoms with Crippen LogP contribution in [0.3, 0.4) is 0 Å². The van der Waals surface area contributed by atoms with Crippen molar-refractivity contribution in [1.82, 2.24) is 0 Å². The van der Waals surface area contributed by atoms with Gasteiger partial charge in [0.05, 0.1) is 6.42 Å². The first-order chi connectivity index (χ1) is 6.81. The number of aliphatic hydroxyl groups is 1. The summed E-state index contributed by atoms with van der Waals surface area (Å²) in [4.78, 5) is 10.7. The zero-order valence-corrected chi connectivity index (χ0v) is 8.60. The first kappa shape index (κ1) is 12.8. The second kappa shape index (κ2) is 9.84. The lowest BCUT2D eigenvalue weighted by atomic mass is 10.2. The van der Waals surface area contributed by atoms with Gasteiger partial charge in [-0.25, -0.2) is 0 Å². The van der Waals surface area contributed by atoms with E-state index in [0.29, 0.717) is 19.3 Å². The van der Waals surface area contributed by atoms with Crippen molar-refractivity contribution >= 4 is 5.78 Å². The smallest absolute Gasteiger partial charge is 0.158 e. The number of unbranched alkanes of at least 4 members (excludes halogenated alkanes) is 1. The van der Waals surface area contributed by atoms with Crippen LogP contribution in [0, 0.1) is 23.7 Å². The molecule has 0 aliphatic heterocycles. The third-order valence-electron chi connectivity index (χ3n) is 1.54. The van der Waals surface area contributed by atoms with Gasteiger partial charge in [0.2, 0.25) is 0 Å². The van der Waals surface area contributed by atoms with Gasteiger partial charge in [0.25, 0.3) is 0 Å². The Bertz CT molecular complexity index is 270. The fourth-order valence-electron chi connectivity index (χ4n) is 0.836. The number of carbonyl (C=O) groups excluding carboxylic acids is 1. The van der Waals surface area contributed by atoms with Crippen LogP contribution in [0.15, 0.2) is 0 Å². The van der Waals surface area contributed by atoms with E-state index in [9.17, 15) is 4.79 Å². The second-order valence-corrected chi connectivity index (χ2v) is 2.79. The van der Waals surface area contributed by atoms with Gasteiger partial charge in [-0.1, -0.05) is 18.8 Å². The molecule has 0 aliphatic carbocycles. The number of hydrogen-bond acceptors (Lipinski definition) is 2. The molecule has 76 valence electrons. The van der Waals surface area contributed by atoms with Crippen molar-refractivity contribution in [2.45, 2.75) is 39.0 Å². The van der Waals surface area contributed by atoms with Crippen LogP contribution in [-0.4, -0.2) is 17.5 Å². The van der Waals surface area contributed by atoms with Crippen LogP contribution < -0.4 is 0 Å². The molecule has 1 N–H and O–H groups in total. The monoisotopic (exact) mass is 192 g/mol. The van der Waals surface area contributed by atoms with Crippen LogP contribution in [0.25, 0.3) is 0 Å². The summed E-state index contributed by atoms with van der Waals surface area (Å²) in [6, 6.07) is 0. The number of rotatable bonds is 4. The van der Waals surface area contributed by atoms with E-state index in [4.69, 9.17) is 5.11 Å². The molecule has 2 nitrogen and oxygen atoms in total. The lowest BCUT2D eigenvalue weighted by Crippen LogP contribution is -2.02. The Morgan fingerprint density at radius 1 is 1.21 bits per heavy atom. The molecule has 0 amide bonds. The molecule has 0 rings (SSSR count). The Kier molecular flexibility index (Phi) is 8.96. The maximum absolute atomic E-state index is 10.7. The molecule has 0 aliphatic rings. The van der Waals surface area contributed by atoms with Crippen LogP contribution >= 0.6 is 0 Å². The number of Topliss-reactive ketones (excluding diaryl/α,β-unsaturated/α-hetero) is 1. The van der Waals surface area contributed by atoms with E-state index in [-0.39, 0.29) is 12.4 Å². The van der Waals surface area contributed by atoms with Gasteiger partial charge in [0, 0.05) is 19.3 Å². The van der Waals surface area contributed by atoms with E-state index in [1.165, 1.54) is 0 Å². The predicted octanol–water partition coefficient (Wildman–Crippen LogP) is 1.52. The van der Waals surface area contributed by atoms with Crippen LogP contribution in [0.2, 0.25) is 0 Å². The third kappa shape index (κ3) is 8.84. The third-order valence-corrected chi connectivity index (χ3v) is 1.54. The summed E-state index contributed by atoms with van der Waals surface area (Å²) in [6.45, 7) is 1.65. The second-order valence-electron chi connectivity index (χ2n) is 2.79. The van der Waals surface area contributed by atoms with Gasteiger partial charge in [-0.05, 0) is 6.42 Å². The zero-order chi connectivity index (χ0) is 10.6. The minimum absolute atomic E-state index is 0.113. The highest BCUT2D eigenvalue weighted by molar-refractivity contribution is 5.79. The molecule has 0 saturated heterocycles. The average molecular weight is 192 g/mol. The van der Waals surface area contributed by atoms with Crippen molar-refractivity contribution in [1.29, 1.82) is 0 Å². The Morgan fingerprint density at radius 2 is 1.93 bits per heavy atom. The minimum Gasteiger partial charge on any atom is -0.389 e. The van der Waals surface area contributed by atoms with E-state index >= 15 is 0 Å². The fourth-order valence-corrected chi connectivity index (χ4v) is 0.836. The Morgan fingerprint density at radius 3 is 2.57 bits per heavy atom. The number of hydrogen-bond donors (Lipinski definition) is 1. The maximum atomic E-state index is 10.7. The maximum Gasteiger partial charge on any atom is 0.158 e. The molecule has 0 aromatic carbocycles. The van der Waals surface area contributed by atoms with Crippen LogP contribution in [-0.2, 0) is 4.79 Å². The lowest BCUT2D eigenvalue weighted by molar-refractivity contribution is -0.121. The molecule has 0 spiro atoms. The van der Waals surface area contributed by atoms with Crippen molar-refractivity contribution in [2.24, 2.45) is 0 Å². The SMILES string of the molecule is CCC#CCC#CCCCC(=O)CO. The quantitative estimate of drug-likeness (QED) is 0.541. The zero-order valence-electron chi connectivity index (χ0n) is 8.60. The van der Waals surface area contributed by atoms with Gasteiger partial charge in [0.15, 0.2) is 5.78 Å². The van der Waals surface area contributed by atoms with Gasteiger partial charge in [0.1, 0.15) is 6.61 Å². The molecular formula is C12H16O2. The summed E-state index contributed by atoms with van der Waals surface area (Å²) in [5, 5.41) is 8.43. The number of aliphatic hydroxyl groups excluding tert-OH is 1. The van der Waals surface area contributed by atoms with E-state index in [1.54, 1.807) is 0 Å². The van der Waals surface area contributed by atoms with Gasteiger partial charge >= 0.3 is 0 Å². The molecule has 2 heteroatoms. The molecule has 0 atom stereocenters. The summed E-state index contributed by atoms with van der Waals surface area (Å²) in [7, 11) is 0. The summed E-state index contributed by atoms with van der Waals surface area (Å²) in [5.41, 5.74) is 0. The first-order valence-corrected chi connectivity index (χ1v) is 4.85. The molecule has 0 bridgehead atoms. The standard InChI is InChI=1S/C12H16O2/c1-2-3-4-5-6-7-8-9-10-12(14)11-13/h13H,2,5,8-11H2,1H3. The topological polar surface area (TPSA) is 37.3 Å². The molecule has 0 aromatic heterocycles. The summed E-state index contributed by atoms with van der Waals surface area (Å²) < 4.78 is 0. The highest BCUT2D eigenvalue weighted by Gasteiger charge is 1.96. The van der Waals surface area contributed by atoms with Crippen molar-refractivity contribution in [3.8, 4) is 23.7 Å². The van der Waals surface area contributed by atoms with Gasteiger partial charge in [-0.15, -0.1) is 11.8 Å². The van der Waals surface area contributed by atoms with E-state index in [2.05, 4.69) is 23.7 Å². The van der Waals surface area contributed by atoms with Gasteiger partial charge in [-0.2, -0.15) is 0 Å².